The summed E-state index contributed by atoms with van der Waals surface area (Å²) >= 11 is 6.23. The summed E-state index contributed by atoms with van der Waals surface area (Å²) < 4.78 is 5.92. The second-order valence-electron chi connectivity index (χ2n) is 7.56. The molecule has 2 rings (SSSR count). The van der Waals surface area contributed by atoms with E-state index in [1.807, 2.05) is 0 Å². The summed E-state index contributed by atoms with van der Waals surface area (Å²) in [5.41, 5.74) is 0.102. The molecule has 0 atom stereocenters. The van der Waals surface area contributed by atoms with Crippen LogP contribution in [0.4, 0.5) is 5.69 Å². The van der Waals surface area contributed by atoms with E-state index in [0.717, 1.165) is 25.7 Å². The third-order valence-corrected chi connectivity index (χ3v) is 4.91. The zero-order valence-corrected chi connectivity index (χ0v) is 15.4. The molecule has 1 aromatic rings. The first-order valence-corrected chi connectivity index (χ1v) is 8.67. The first kappa shape index (κ1) is 18.7. The van der Waals surface area contributed by atoms with Gasteiger partial charge in [-0.15, -0.1) is 0 Å². The Morgan fingerprint density at radius 2 is 1.92 bits per heavy atom. The average molecular weight is 354 g/mol. The summed E-state index contributed by atoms with van der Waals surface area (Å²) in [6.45, 7) is 7.86. The van der Waals surface area contributed by atoms with Gasteiger partial charge in [0.1, 0.15) is 5.75 Å². The van der Waals surface area contributed by atoms with Crippen LogP contribution in [-0.4, -0.2) is 16.8 Å². The van der Waals surface area contributed by atoms with Crippen LogP contribution in [0.1, 0.15) is 63.7 Å². The lowest BCUT2D eigenvalue weighted by Gasteiger charge is -2.34. The van der Waals surface area contributed by atoms with Gasteiger partial charge in [0.25, 0.3) is 5.69 Å². The minimum atomic E-state index is -0.553. The summed E-state index contributed by atoms with van der Waals surface area (Å²) in [5.74, 6) is -0.352. The lowest BCUT2D eigenvalue weighted by atomic mass is 9.76. The third-order valence-electron chi connectivity index (χ3n) is 4.62. The fourth-order valence-corrected chi connectivity index (χ4v) is 3.17. The van der Waals surface area contributed by atoms with Gasteiger partial charge in [0, 0.05) is 5.92 Å². The normalized spacial score (nSPS) is 17.8. The molecule has 1 aromatic carbocycles. The van der Waals surface area contributed by atoms with Crippen LogP contribution in [0, 0.1) is 21.4 Å². The van der Waals surface area contributed by atoms with Gasteiger partial charge in [-0.25, -0.2) is 0 Å². The molecule has 1 fully saturated rings. The Morgan fingerprint density at radius 1 is 1.33 bits per heavy atom. The minimum absolute atomic E-state index is 0.00165. The van der Waals surface area contributed by atoms with Gasteiger partial charge in [-0.1, -0.05) is 39.3 Å². The molecule has 0 bridgehead atoms. The molecule has 0 unspecified atom stereocenters. The number of Topliss-reactive ketones (excluding diaryl/α,β-unsaturated/α-hetero) is 1. The van der Waals surface area contributed by atoms with Crippen LogP contribution in [0.25, 0.3) is 0 Å². The van der Waals surface area contributed by atoms with Crippen LogP contribution in [0.3, 0.4) is 0 Å². The number of carbonyl (C=O) groups is 1. The van der Waals surface area contributed by atoms with Crippen molar-refractivity contribution < 1.29 is 14.5 Å². The number of carbonyl (C=O) groups excluding carboxylic acids is 1. The van der Waals surface area contributed by atoms with Crippen LogP contribution in [0.2, 0.25) is 5.02 Å². The molecule has 0 amide bonds. The Bertz CT molecular complexity index is 645. The Morgan fingerprint density at radius 3 is 2.42 bits per heavy atom. The molecule has 132 valence electrons. The highest BCUT2D eigenvalue weighted by Crippen LogP contribution is 2.39. The van der Waals surface area contributed by atoms with Gasteiger partial charge in [0.2, 0.25) is 0 Å². The molecular weight excluding hydrogens is 330 g/mol. The van der Waals surface area contributed by atoms with E-state index in [1.165, 1.54) is 12.1 Å². The Hall–Kier alpha value is -1.62. The largest absolute Gasteiger partial charge is 0.489 e. The van der Waals surface area contributed by atoms with E-state index in [1.54, 1.807) is 13.8 Å². The number of ether oxygens (including phenoxy) is 1. The lowest BCUT2D eigenvalue weighted by molar-refractivity contribution is -0.385. The van der Waals surface area contributed by atoms with Gasteiger partial charge >= 0.3 is 0 Å². The van der Waals surface area contributed by atoms with Crippen molar-refractivity contribution in [3.63, 3.8) is 0 Å². The first-order valence-electron chi connectivity index (χ1n) is 8.29. The molecule has 24 heavy (non-hydrogen) atoms. The monoisotopic (exact) mass is 353 g/mol. The second kappa shape index (κ2) is 7.09. The quantitative estimate of drug-likeness (QED) is 0.401. The summed E-state index contributed by atoms with van der Waals surface area (Å²) in [6, 6.07) is 2.65. The molecule has 6 heteroatoms. The van der Waals surface area contributed by atoms with Gasteiger partial charge < -0.3 is 4.74 Å². The number of halogens is 1. The van der Waals surface area contributed by atoms with E-state index in [2.05, 4.69) is 13.8 Å². The molecule has 1 saturated carbocycles. The van der Waals surface area contributed by atoms with Crippen molar-refractivity contribution in [2.45, 2.75) is 59.5 Å². The van der Waals surface area contributed by atoms with Crippen molar-refractivity contribution >= 4 is 23.1 Å². The molecule has 0 aliphatic heterocycles. The van der Waals surface area contributed by atoms with E-state index in [-0.39, 0.29) is 39.8 Å². The molecule has 0 heterocycles. The number of nitrogens with zero attached hydrogens (tertiary/aromatic N) is 1. The van der Waals surface area contributed by atoms with E-state index >= 15 is 0 Å². The number of nitro benzene ring substituents is 1. The standard InChI is InChI=1S/C18H24ClNO4/c1-11(2)17(21)13-9-14(19)16(10-15(13)20(22)23)24-12-5-7-18(3,4)8-6-12/h9-12H,5-8H2,1-4H3. The van der Waals surface area contributed by atoms with Crippen LogP contribution >= 0.6 is 11.6 Å². The molecule has 1 aliphatic rings. The fourth-order valence-electron chi connectivity index (χ4n) is 2.96. The molecule has 0 aromatic heterocycles. The number of nitro groups is 1. The Labute approximate surface area is 147 Å². The Balaban J connectivity index is 2.27. The predicted octanol–water partition coefficient (Wildman–Crippen LogP) is 5.43. The highest BCUT2D eigenvalue weighted by molar-refractivity contribution is 6.32. The first-order chi connectivity index (χ1) is 11.1. The maximum Gasteiger partial charge on any atom is 0.284 e. The summed E-state index contributed by atoms with van der Waals surface area (Å²) in [7, 11) is 0. The molecular formula is C18H24ClNO4. The van der Waals surface area contributed by atoms with Crippen molar-refractivity contribution in [3.05, 3.63) is 32.8 Å². The molecule has 0 radical (unpaired) electrons. The van der Waals surface area contributed by atoms with E-state index in [9.17, 15) is 14.9 Å². The van der Waals surface area contributed by atoms with Gasteiger partial charge in [0.15, 0.2) is 5.78 Å². The molecule has 1 aliphatic carbocycles. The lowest BCUT2D eigenvalue weighted by Crippen LogP contribution is -2.28. The summed E-state index contributed by atoms with van der Waals surface area (Å²) in [5, 5.41) is 11.6. The van der Waals surface area contributed by atoms with Crippen LogP contribution < -0.4 is 4.74 Å². The molecule has 0 N–H and O–H groups in total. The fraction of sp³-hybridized carbons (Fsp3) is 0.611. The summed E-state index contributed by atoms with van der Waals surface area (Å²) in [4.78, 5) is 23.0. The van der Waals surface area contributed by atoms with E-state index < -0.39 is 4.92 Å². The number of benzene rings is 1. The molecule has 5 nitrogen and oxygen atoms in total. The predicted molar refractivity (Wildman–Crippen MR) is 93.9 cm³/mol. The van der Waals surface area contributed by atoms with Crippen molar-refractivity contribution in [1.29, 1.82) is 0 Å². The van der Waals surface area contributed by atoms with Crippen molar-refractivity contribution in [3.8, 4) is 5.75 Å². The number of hydrogen-bond donors (Lipinski definition) is 0. The number of hydrogen-bond acceptors (Lipinski definition) is 4. The van der Waals surface area contributed by atoms with E-state index in [0.29, 0.717) is 5.41 Å². The zero-order valence-electron chi connectivity index (χ0n) is 14.6. The Kier molecular flexibility index (Phi) is 5.53. The number of ketones is 1. The molecule has 0 saturated heterocycles. The average Bonchev–Trinajstić information content (AvgIpc) is 2.49. The van der Waals surface area contributed by atoms with Crippen molar-refractivity contribution in [2.75, 3.05) is 0 Å². The number of rotatable bonds is 5. The van der Waals surface area contributed by atoms with Crippen molar-refractivity contribution in [2.24, 2.45) is 11.3 Å². The van der Waals surface area contributed by atoms with Crippen LogP contribution in [0.5, 0.6) is 5.75 Å². The topological polar surface area (TPSA) is 69.4 Å². The SMILES string of the molecule is CC(C)C(=O)c1cc(Cl)c(OC2CCC(C)(C)CC2)cc1[N+](=O)[O-]. The molecule has 0 spiro atoms. The minimum Gasteiger partial charge on any atom is -0.489 e. The highest BCUT2D eigenvalue weighted by atomic mass is 35.5. The van der Waals surface area contributed by atoms with Crippen LogP contribution in [0.15, 0.2) is 12.1 Å². The summed E-state index contributed by atoms with van der Waals surface area (Å²) in [6.07, 6.45) is 3.87. The van der Waals surface area contributed by atoms with Gasteiger partial charge in [-0.3, -0.25) is 14.9 Å². The zero-order chi connectivity index (χ0) is 18.1. The third kappa shape index (κ3) is 4.26. The highest BCUT2D eigenvalue weighted by Gasteiger charge is 2.30. The smallest absolute Gasteiger partial charge is 0.284 e. The second-order valence-corrected chi connectivity index (χ2v) is 7.96. The maximum absolute atomic E-state index is 12.2. The van der Waals surface area contributed by atoms with Gasteiger partial charge in [-0.2, -0.15) is 0 Å². The maximum atomic E-state index is 12.2. The van der Waals surface area contributed by atoms with Crippen LogP contribution in [-0.2, 0) is 0 Å². The van der Waals surface area contributed by atoms with Crippen molar-refractivity contribution in [1.82, 2.24) is 0 Å². The van der Waals surface area contributed by atoms with E-state index in [4.69, 9.17) is 16.3 Å². The van der Waals surface area contributed by atoms with Gasteiger partial charge in [-0.05, 0) is 37.2 Å². The van der Waals surface area contributed by atoms with Gasteiger partial charge in [0.05, 0.1) is 27.7 Å².